The summed E-state index contributed by atoms with van der Waals surface area (Å²) in [7, 11) is 0. The van der Waals surface area contributed by atoms with E-state index in [0.29, 0.717) is 13.2 Å². The maximum atomic E-state index is 12.5. The molecule has 1 aliphatic carbocycles. The standard InChI is InChI=1S/C23H26N4O2S2/c1-3-13-27-22(19-14-30-20-8-6-5-7-18(19)20)25-26-23(27)31-15-21(28)24-16-9-11-17(12-10-16)29-4-2/h3,9-12,14H,1,4-8,13,15H2,2H3,(H,24,28). The van der Waals surface area contributed by atoms with Crippen LogP contribution in [0.5, 0.6) is 5.75 Å². The first-order valence-corrected chi connectivity index (χ1v) is 12.3. The maximum Gasteiger partial charge on any atom is 0.234 e. The zero-order valence-electron chi connectivity index (χ0n) is 17.6. The van der Waals surface area contributed by atoms with Crippen LogP contribution in [0, 0.1) is 0 Å². The molecule has 3 aromatic rings. The van der Waals surface area contributed by atoms with E-state index in [9.17, 15) is 4.79 Å². The lowest BCUT2D eigenvalue weighted by Gasteiger charge is -2.13. The third-order valence-electron chi connectivity index (χ3n) is 5.11. The third kappa shape index (κ3) is 5.02. The molecule has 2 heterocycles. The van der Waals surface area contributed by atoms with Crippen LogP contribution in [0.1, 0.15) is 30.2 Å². The van der Waals surface area contributed by atoms with Gasteiger partial charge in [0.2, 0.25) is 5.91 Å². The Labute approximate surface area is 190 Å². The number of nitrogens with zero attached hydrogens (tertiary/aromatic N) is 3. The molecule has 1 N–H and O–H groups in total. The van der Waals surface area contributed by atoms with Crippen molar-refractivity contribution < 1.29 is 9.53 Å². The summed E-state index contributed by atoms with van der Waals surface area (Å²) in [4.78, 5) is 13.9. The molecule has 0 unspecified atom stereocenters. The lowest BCUT2D eigenvalue weighted by Crippen LogP contribution is -2.14. The lowest BCUT2D eigenvalue weighted by atomic mass is 9.95. The first-order chi connectivity index (χ1) is 15.2. The minimum Gasteiger partial charge on any atom is -0.494 e. The highest BCUT2D eigenvalue weighted by molar-refractivity contribution is 7.99. The summed E-state index contributed by atoms with van der Waals surface area (Å²) in [6.07, 6.45) is 6.58. The summed E-state index contributed by atoms with van der Waals surface area (Å²) in [5.41, 5.74) is 3.34. The molecule has 4 rings (SSSR count). The first kappa shape index (κ1) is 21.6. The molecule has 0 atom stereocenters. The number of carbonyl (C=O) groups excluding carboxylic acids is 1. The number of thioether (sulfide) groups is 1. The smallest absolute Gasteiger partial charge is 0.234 e. The number of aromatic nitrogens is 3. The Morgan fingerprint density at radius 2 is 2.10 bits per heavy atom. The van der Waals surface area contributed by atoms with Crippen molar-refractivity contribution in [3.8, 4) is 17.1 Å². The number of hydrogen-bond donors (Lipinski definition) is 1. The van der Waals surface area contributed by atoms with Crippen LogP contribution in [0.4, 0.5) is 5.69 Å². The van der Waals surface area contributed by atoms with Gasteiger partial charge in [-0.1, -0.05) is 17.8 Å². The van der Waals surface area contributed by atoms with Gasteiger partial charge in [-0.15, -0.1) is 28.1 Å². The fourth-order valence-corrected chi connectivity index (χ4v) is 5.57. The number of amides is 1. The van der Waals surface area contributed by atoms with Crippen molar-refractivity contribution in [1.82, 2.24) is 14.8 Å². The predicted molar refractivity (Wildman–Crippen MR) is 127 cm³/mol. The second kappa shape index (κ2) is 10.2. The van der Waals surface area contributed by atoms with E-state index in [-0.39, 0.29) is 11.7 Å². The van der Waals surface area contributed by atoms with Crippen molar-refractivity contribution in [2.45, 2.75) is 44.3 Å². The van der Waals surface area contributed by atoms with Gasteiger partial charge in [0, 0.05) is 28.1 Å². The molecule has 0 radical (unpaired) electrons. The van der Waals surface area contributed by atoms with E-state index >= 15 is 0 Å². The number of rotatable bonds is 9. The molecule has 1 aliphatic rings. The average Bonchev–Trinajstić information content (AvgIpc) is 3.38. The van der Waals surface area contributed by atoms with Gasteiger partial charge in [-0.3, -0.25) is 9.36 Å². The molecule has 0 saturated carbocycles. The molecule has 162 valence electrons. The van der Waals surface area contributed by atoms with Crippen molar-refractivity contribution in [3.63, 3.8) is 0 Å². The number of aryl methyl sites for hydroxylation is 1. The van der Waals surface area contributed by atoms with E-state index in [1.54, 1.807) is 0 Å². The zero-order valence-corrected chi connectivity index (χ0v) is 19.2. The van der Waals surface area contributed by atoms with Crippen molar-refractivity contribution in [1.29, 1.82) is 0 Å². The van der Waals surface area contributed by atoms with Crippen LogP contribution < -0.4 is 10.1 Å². The normalized spacial score (nSPS) is 12.9. The van der Waals surface area contributed by atoms with Crippen LogP contribution in [0.3, 0.4) is 0 Å². The van der Waals surface area contributed by atoms with Gasteiger partial charge >= 0.3 is 0 Å². The van der Waals surface area contributed by atoms with E-state index < -0.39 is 0 Å². The largest absolute Gasteiger partial charge is 0.494 e. The van der Waals surface area contributed by atoms with Crippen LogP contribution >= 0.6 is 23.1 Å². The number of hydrogen-bond acceptors (Lipinski definition) is 6. The van der Waals surface area contributed by atoms with Gasteiger partial charge < -0.3 is 10.1 Å². The Morgan fingerprint density at radius 1 is 1.29 bits per heavy atom. The molecule has 0 fully saturated rings. The summed E-state index contributed by atoms with van der Waals surface area (Å²) >= 11 is 3.21. The Hall–Kier alpha value is -2.58. The van der Waals surface area contributed by atoms with Gasteiger partial charge in [-0.25, -0.2) is 0 Å². The molecule has 1 aromatic carbocycles. The van der Waals surface area contributed by atoms with E-state index in [0.717, 1.165) is 35.3 Å². The fourth-order valence-electron chi connectivity index (χ4n) is 3.70. The molecule has 0 saturated heterocycles. The average molecular weight is 455 g/mol. The molecular weight excluding hydrogens is 428 g/mol. The number of ether oxygens (including phenoxy) is 1. The number of thiophene rings is 1. The van der Waals surface area contributed by atoms with Crippen LogP contribution in [0.15, 0.2) is 47.5 Å². The van der Waals surface area contributed by atoms with Crippen molar-refractivity contribution in [3.05, 3.63) is 52.7 Å². The monoisotopic (exact) mass is 454 g/mol. The maximum absolute atomic E-state index is 12.5. The number of fused-ring (bicyclic) bond motifs is 1. The van der Waals surface area contributed by atoms with Gasteiger partial charge in [0.1, 0.15) is 5.75 Å². The molecule has 0 bridgehead atoms. The van der Waals surface area contributed by atoms with Crippen molar-refractivity contribution >= 4 is 34.7 Å². The minimum atomic E-state index is -0.0863. The zero-order chi connectivity index (χ0) is 21.6. The molecular formula is C23H26N4O2S2. The van der Waals surface area contributed by atoms with Crippen molar-refractivity contribution in [2.75, 3.05) is 17.7 Å². The quantitative estimate of drug-likeness (QED) is 0.355. The summed E-state index contributed by atoms with van der Waals surface area (Å²) < 4.78 is 7.49. The van der Waals surface area contributed by atoms with Gasteiger partial charge in [0.05, 0.1) is 12.4 Å². The molecule has 1 amide bonds. The highest BCUT2D eigenvalue weighted by Crippen LogP contribution is 2.36. The van der Waals surface area contributed by atoms with Crippen LogP contribution in [-0.2, 0) is 24.2 Å². The van der Waals surface area contributed by atoms with Gasteiger partial charge in [0.25, 0.3) is 0 Å². The summed E-state index contributed by atoms with van der Waals surface area (Å²) in [6, 6.07) is 7.37. The topological polar surface area (TPSA) is 69.0 Å². The lowest BCUT2D eigenvalue weighted by molar-refractivity contribution is -0.113. The summed E-state index contributed by atoms with van der Waals surface area (Å²) in [5.74, 6) is 1.82. The van der Waals surface area contributed by atoms with Crippen LogP contribution in [-0.4, -0.2) is 33.0 Å². The third-order valence-corrected chi connectivity index (χ3v) is 7.17. The van der Waals surface area contributed by atoms with Gasteiger partial charge in [-0.2, -0.15) is 0 Å². The summed E-state index contributed by atoms with van der Waals surface area (Å²) in [5, 5.41) is 14.7. The second-order valence-electron chi connectivity index (χ2n) is 7.26. The molecule has 0 aliphatic heterocycles. The molecule has 6 nitrogen and oxygen atoms in total. The first-order valence-electron chi connectivity index (χ1n) is 10.5. The van der Waals surface area contributed by atoms with Crippen molar-refractivity contribution in [2.24, 2.45) is 0 Å². The highest BCUT2D eigenvalue weighted by atomic mass is 32.2. The van der Waals surface area contributed by atoms with Gasteiger partial charge in [-0.05, 0) is 62.4 Å². The molecule has 8 heteroatoms. The minimum absolute atomic E-state index is 0.0863. The Balaban J connectivity index is 1.44. The number of nitrogens with one attached hydrogen (secondary N) is 1. The SMILES string of the molecule is C=CCn1c(SCC(=O)Nc2ccc(OCC)cc2)nnc1-c1csc2c1CCCC2. The van der Waals surface area contributed by atoms with E-state index in [4.69, 9.17) is 4.74 Å². The van der Waals surface area contributed by atoms with Crippen LogP contribution in [0.2, 0.25) is 0 Å². The number of anilines is 1. The molecule has 31 heavy (non-hydrogen) atoms. The molecule has 2 aromatic heterocycles. The summed E-state index contributed by atoms with van der Waals surface area (Å²) in [6.45, 7) is 7.05. The number of carbonyl (C=O) groups is 1. The second-order valence-corrected chi connectivity index (χ2v) is 9.16. The Kier molecular flexibility index (Phi) is 7.09. The molecule has 0 spiro atoms. The Morgan fingerprint density at radius 3 is 2.87 bits per heavy atom. The van der Waals surface area contributed by atoms with Gasteiger partial charge in [0.15, 0.2) is 11.0 Å². The van der Waals surface area contributed by atoms with E-state index in [2.05, 4.69) is 32.0 Å². The van der Waals surface area contributed by atoms with E-state index in [1.165, 1.54) is 40.6 Å². The fraction of sp³-hybridized carbons (Fsp3) is 0.348. The highest BCUT2D eigenvalue weighted by Gasteiger charge is 2.22. The number of benzene rings is 1. The Bertz CT molecular complexity index is 1060. The van der Waals surface area contributed by atoms with Crippen LogP contribution in [0.25, 0.3) is 11.4 Å². The number of allylic oxidation sites excluding steroid dienone is 1. The van der Waals surface area contributed by atoms with E-state index in [1.807, 2.05) is 48.6 Å². The predicted octanol–water partition coefficient (Wildman–Crippen LogP) is 5.20.